The normalized spacial score (nSPS) is 10.5. The summed E-state index contributed by atoms with van der Waals surface area (Å²) in [5, 5.41) is 0.655. The van der Waals surface area contributed by atoms with E-state index in [1.54, 1.807) is 26.0 Å². The molecule has 0 aliphatic carbocycles. The standard InChI is InChI=1S/C13H12ClNO2/c1-3-11(16)12-8(2)17-13(15-12)9-4-6-10(14)7-5-9/h4-7H,3H2,1-2H3. The van der Waals surface area contributed by atoms with Crippen LogP contribution in [0.2, 0.25) is 5.02 Å². The maximum Gasteiger partial charge on any atom is 0.226 e. The van der Waals surface area contributed by atoms with Crippen LogP contribution in [0.5, 0.6) is 0 Å². The Morgan fingerprint density at radius 2 is 2.00 bits per heavy atom. The van der Waals surface area contributed by atoms with Crippen LogP contribution in [0.15, 0.2) is 28.7 Å². The third-order valence-electron chi connectivity index (χ3n) is 2.47. The first-order valence-electron chi connectivity index (χ1n) is 5.38. The number of aryl methyl sites for hydroxylation is 1. The molecule has 0 unspecified atom stereocenters. The van der Waals surface area contributed by atoms with E-state index < -0.39 is 0 Å². The molecule has 0 spiro atoms. The van der Waals surface area contributed by atoms with Gasteiger partial charge >= 0.3 is 0 Å². The van der Waals surface area contributed by atoms with E-state index in [2.05, 4.69) is 4.98 Å². The summed E-state index contributed by atoms with van der Waals surface area (Å²) in [6, 6.07) is 7.15. The summed E-state index contributed by atoms with van der Waals surface area (Å²) in [6.07, 6.45) is 0.424. The summed E-state index contributed by atoms with van der Waals surface area (Å²) in [5.41, 5.74) is 1.23. The van der Waals surface area contributed by atoms with Gasteiger partial charge in [0.05, 0.1) is 0 Å². The van der Waals surface area contributed by atoms with E-state index in [0.717, 1.165) is 5.56 Å². The van der Waals surface area contributed by atoms with Crippen molar-refractivity contribution in [2.24, 2.45) is 0 Å². The van der Waals surface area contributed by atoms with Gasteiger partial charge in [0.2, 0.25) is 5.89 Å². The first-order valence-corrected chi connectivity index (χ1v) is 5.76. The minimum atomic E-state index is -0.00790. The number of hydrogen-bond donors (Lipinski definition) is 0. The molecule has 0 saturated heterocycles. The minimum Gasteiger partial charge on any atom is -0.441 e. The van der Waals surface area contributed by atoms with Crippen LogP contribution in [0, 0.1) is 6.92 Å². The van der Waals surface area contributed by atoms with Gasteiger partial charge in [-0.1, -0.05) is 18.5 Å². The van der Waals surface area contributed by atoms with Gasteiger partial charge in [0, 0.05) is 17.0 Å². The molecule has 4 heteroatoms. The first kappa shape index (κ1) is 11.9. The lowest BCUT2D eigenvalue weighted by Crippen LogP contribution is -1.98. The van der Waals surface area contributed by atoms with Crippen molar-refractivity contribution >= 4 is 17.4 Å². The molecule has 0 bridgehead atoms. The van der Waals surface area contributed by atoms with Crippen LogP contribution in [0.1, 0.15) is 29.6 Å². The Hall–Kier alpha value is -1.61. The first-order chi connectivity index (χ1) is 8.11. The summed E-state index contributed by atoms with van der Waals surface area (Å²) in [5.74, 6) is 1.00. The Bertz CT molecular complexity index is 543. The van der Waals surface area contributed by atoms with Crippen LogP contribution in [0.3, 0.4) is 0 Å². The molecule has 2 aromatic rings. The number of carbonyl (C=O) groups is 1. The zero-order valence-electron chi connectivity index (χ0n) is 9.66. The number of benzene rings is 1. The highest BCUT2D eigenvalue weighted by molar-refractivity contribution is 6.30. The molecule has 0 aliphatic heterocycles. The fourth-order valence-electron chi connectivity index (χ4n) is 1.54. The predicted molar refractivity (Wildman–Crippen MR) is 66.3 cm³/mol. The van der Waals surface area contributed by atoms with Gasteiger partial charge in [0.15, 0.2) is 5.78 Å². The van der Waals surface area contributed by atoms with Crippen molar-refractivity contribution in [1.29, 1.82) is 0 Å². The monoisotopic (exact) mass is 249 g/mol. The molecule has 0 radical (unpaired) electrons. The zero-order chi connectivity index (χ0) is 12.4. The van der Waals surface area contributed by atoms with Crippen molar-refractivity contribution in [2.75, 3.05) is 0 Å². The van der Waals surface area contributed by atoms with Gasteiger partial charge < -0.3 is 4.42 Å². The fraction of sp³-hybridized carbons (Fsp3) is 0.231. The highest BCUT2D eigenvalue weighted by Crippen LogP contribution is 2.23. The number of ketones is 1. The molecule has 88 valence electrons. The predicted octanol–water partition coefficient (Wildman–Crippen LogP) is 3.90. The van der Waals surface area contributed by atoms with Gasteiger partial charge in [-0.25, -0.2) is 4.98 Å². The van der Waals surface area contributed by atoms with Gasteiger partial charge in [-0.2, -0.15) is 0 Å². The maximum absolute atomic E-state index is 11.6. The molecule has 17 heavy (non-hydrogen) atoms. The van der Waals surface area contributed by atoms with Gasteiger partial charge in [0.25, 0.3) is 0 Å². The lowest BCUT2D eigenvalue weighted by molar-refractivity contribution is 0.0982. The van der Waals surface area contributed by atoms with E-state index in [1.807, 2.05) is 12.1 Å². The molecular weight excluding hydrogens is 238 g/mol. The number of carbonyl (C=O) groups excluding carboxylic acids is 1. The number of Topliss-reactive ketones (excluding diaryl/α,β-unsaturated/α-hetero) is 1. The van der Waals surface area contributed by atoms with Gasteiger partial charge in [0.1, 0.15) is 11.5 Å². The van der Waals surface area contributed by atoms with E-state index in [9.17, 15) is 4.79 Å². The fourth-order valence-corrected chi connectivity index (χ4v) is 1.66. The molecule has 0 atom stereocenters. The topological polar surface area (TPSA) is 43.1 Å². The number of oxazole rings is 1. The lowest BCUT2D eigenvalue weighted by Gasteiger charge is -1.94. The number of aromatic nitrogens is 1. The van der Waals surface area contributed by atoms with E-state index in [4.69, 9.17) is 16.0 Å². The molecule has 0 N–H and O–H groups in total. The van der Waals surface area contributed by atoms with E-state index >= 15 is 0 Å². The average molecular weight is 250 g/mol. The molecule has 0 saturated carbocycles. The molecule has 1 aromatic carbocycles. The minimum absolute atomic E-state index is 0.00790. The van der Waals surface area contributed by atoms with Crippen LogP contribution in [-0.4, -0.2) is 10.8 Å². The SMILES string of the molecule is CCC(=O)c1nc(-c2ccc(Cl)cc2)oc1C. The van der Waals surface area contributed by atoms with Crippen molar-refractivity contribution in [1.82, 2.24) is 4.98 Å². The van der Waals surface area contributed by atoms with Crippen molar-refractivity contribution in [3.8, 4) is 11.5 Å². The molecule has 0 fully saturated rings. The lowest BCUT2D eigenvalue weighted by atomic mass is 10.2. The number of rotatable bonds is 3. The second-order valence-electron chi connectivity index (χ2n) is 3.71. The number of hydrogen-bond acceptors (Lipinski definition) is 3. The Balaban J connectivity index is 2.41. The summed E-state index contributed by atoms with van der Waals surface area (Å²) in [7, 11) is 0. The Labute approximate surface area is 104 Å². The van der Waals surface area contributed by atoms with Crippen molar-refractivity contribution in [3.05, 3.63) is 40.7 Å². The maximum atomic E-state index is 11.6. The second-order valence-corrected chi connectivity index (χ2v) is 4.14. The second kappa shape index (κ2) is 4.72. The highest BCUT2D eigenvalue weighted by Gasteiger charge is 2.16. The molecule has 1 heterocycles. The van der Waals surface area contributed by atoms with Crippen LogP contribution in [-0.2, 0) is 0 Å². The molecule has 0 amide bonds. The van der Waals surface area contributed by atoms with Crippen molar-refractivity contribution in [2.45, 2.75) is 20.3 Å². The van der Waals surface area contributed by atoms with E-state index in [-0.39, 0.29) is 5.78 Å². The van der Waals surface area contributed by atoms with Crippen LogP contribution >= 0.6 is 11.6 Å². The Morgan fingerprint density at radius 1 is 1.35 bits per heavy atom. The molecule has 0 aliphatic rings. The van der Waals surface area contributed by atoms with Gasteiger partial charge in [-0.15, -0.1) is 0 Å². The third-order valence-corrected chi connectivity index (χ3v) is 2.72. The van der Waals surface area contributed by atoms with Gasteiger partial charge in [-0.3, -0.25) is 4.79 Å². The number of halogens is 1. The molecule has 1 aromatic heterocycles. The van der Waals surface area contributed by atoms with Crippen LogP contribution < -0.4 is 0 Å². The van der Waals surface area contributed by atoms with Crippen LogP contribution in [0.4, 0.5) is 0 Å². The molecule has 2 rings (SSSR count). The summed E-state index contributed by atoms with van der Waals surface area (Å²) >= 11 is 5.80. The van der Waals surface area contributed by atoms with Crippen LogP contribution in [0.25, 0.3) is 11.5 Å². The van der Waals surface area contributed by atoms with Crippen molar-refractivity contribution < 1.29 is 9.21 Å². The summed E-state index contributed by atoms with van der Waals surface area (Å²) in [4.78, 5) is 15.8. The largest absolute Gasteiger partial charge is 0.441 e. The molecule has 3 nitrogen and oxygen atoms in total. The average Bonchev–Trinajstić information content (AvgIpc) is 2.71. The van der Waals surface area contributed by atoms with Crippen molar-refractivity contribution in [3.63, 3.8) is 0 Å². The highest BCUT2D eigenvalue weighted by atomic mass is 35.5. The van der Waals surface area contributed by atoms with E-state index in [0.29, 0.717) is 28.8 Å². The summed E-state index contributed by atoms with van der Waals surface area (Å²) in [6.45, 7) is 3.55. The zero-order valence-corrected chi connectivity index (χ0v) is 10.4. The van der Waals surface area contributed by atoms with E-state index in [1.165, 1.54) is 0 Å². The molecular formula is C13H12ClNO2. The quantitative estimate of drug-likeness (QED) is 0.775. The number of nitrogens with zero attached hydrogens (tertiary/aromatic N) is 1. The third kappa shape index (κ3) is 2.39. The van der Waals surface area contributed by atoms with Gasteiger partial charge in [-0.05, 0) is 31.2 Å². The Morgan fingerprint density at radius 3 is 2.59 bits per heavy atom. The summed E-state index contributed by atoms with van der Waals surface area (Å²) < 4.78 is 5.49. The Kier molecular flexibility index (Phi) is 3.29. The smallest absolute Gasteiger partial charge is 0.226 e.